The van der Waals surface area contributed by atoms with Crippen molar-refractivity contribution in [3.8, 4) is 17.1 Å². The summed E-state index contributed by atoms with van der Waals surface area (Å²) in [5.74, 6) is 0.0120. The third kappa shape index (κ3) is 5.78. The lowest BCUT2D eigenvalue weighted by Crippen LogP contribution is -2.41. The van der Waals surface area contributed by atoms with Gasteiger partial charge >= 0.3 is 5.69 Å². The maximum absolute atomic E-state index is 14.1. The molecule has 1 aliphatic heterocycles. The minimum Gasteiger partial charge on any atom is -0.490 e. The van der Waals surface area contributed by atoms with Gasteiger partial charge < -0.3 is 15.0 Å². The maximum atomic E-state index is 14.1. The maximum Gasteiger partial charge on any atom is 0.333 e. The molecule has 0 atom stereocenters. The van der Waals surface area contributed by atoms with Gasteiger partial charge in [0.05, 0.1) is 34.7 Å². The van der Waals surface area contributed by atoms with Gasteiger partial charge in [-0.05, 0) is 82.9 Å². The molecule has 13 heteroatoms. The molecular weight excluding hydrogens is 662 g/mol. The molecule has 45 heavy (non-hydrogen) atoms. The summed E-state index contributed by atoms with van der Waals surface area (Å²) >= 11 is 9.63. The van der Waals surface area contributed by atoms with Crippen LogP contribution in [-0.4, -0.2) is 53.3 Å². The quantitative estimate of drug-likeness (QED) is 0.251. The summed E-state index contributed by atoms with van der Waals surface area (Å²) in [5.41, 5.74) is 2.78. The number of amides is 2. The first kappa shape index (κ1) is 29.1. The largest absolute Gasteiger partial charge is 0.490 e. The van der Waals surface area contributed by atoms with Crippen molar-refractivity contribution in [2.45, 2.75) is 38.6 Å². The zero-order valence-corrected chi connectivity index (χ0v) is 26.2. The minimum atomic E-state index is -0.450. The second-order valence-electron chi connectivity index (χ2n) is 10.9. The summed E-state index contributed by atoms with van der Waals surface area (Å²) in [6.45, 7) is 0.761. The normalized spacial score (nSPS) is 14.2. The van der Waals surface area contributed by atoms with E-state index in [-0.39, 0.29) is 43.0 Å². The molecule has 3 aromatic carbocycles. The number of hydrogen-bond acceptors (Lipinski definition) is 6. The molecule has 2 aromatic heterocycles. The number of carbonyl (C=O) groups excluding carboxylic acids is 2. The highest BCUT2D eigenvalue weighted by molar-refractivity contribution is 9.10. The third-order valence-corrected chi connectivity index (χ3v) is 9.10. The molecule has 2 amide bonds. The summed E-state index contributed by atoms with van der Waals surface area (Å²) in [6, 6.07) is 19.7. The molecule has 0 radical (unpaired) electrons. The first-order valence-electron chi connectivity index (χ1n) is 14.4. The SMILES string of the molecule is O=C(NCc1ccccc1-n1cncn1)c1c2n(c(=O)n1-c1ccc(OC3CC3)cc1)CCN(C(=O)c1ccc(Br)c(Cl)c1)C2. The van der Waals surface area contributed by atoms with E-state index in [1.165, 1.54) is 10.9 Å². The summed E-state index contributed by atoms with van der Waals surface area (Å²) in [6.07, 6.45) is 5.31. The van der Waals surface area contributed by atoms with E-state index in [9.17, 15) is 14.4 Å². The summed E-state index contributed by atoms with van der Waals surface area (Å²) < 4.78 is 11.2. The number of halogens is 2. The lowest BCUT2D eigenvalue weighted by atomic mass is 10.1. The second-order valence-corrected chi connectivity index (χ2v) is 12.1. The number of rotatable bonds is 8. The molecule has 1 saturated carbocycles. The van der Waals surface area contributed by atoms with Gasteiger partial charge in [0, 0.05) is 29.7 Å². The van der Waals surface area contributed by atoms with E-state index in [0.29, 0.717) is 38.7 Å². The van der Waals surface area contributed by atoms with Crippen LogP contribution < -0.4 is 15.7 Å². The summed E-state index contributed by atoms with van der Waals surface area (Å²) in [7, 11) is 0. The number of benzene rings is 3. The molecule has 1 aliphatic carbocycles. The van der Waals surface area contributed by atoms with Crippen LogP contribution in [0.4, 0.5) is 0 Å². The van der Waals surface area contributed by atoms with Crippen molar-refractivity contribution in [1.82, 2.24) is 34.1 Å². The zero-order valence-electron chi connectivity index (χ0n) is 23.9. The van der Waals surface area contributed by atoms with Gasteiger partial charge in [-0.1, -0.05) is 29.8 Å². The predicted molar refractivity (Wildman–Crippen MR) is 170 cm³/mol. The van der Waals surface area contributed by atoms with Gasteiger partial charge in [0.2, 0.25) is 0 Å². The molecular formula is C32H27BrClN7O4. The van der Waals surface area contributed by atoms with Crippen LogP contribution >= 0.6 is 27.5 Å². The van der Waals surface area contributed by atoms with Crippen LogP contribution in [0.3, 0.4) is 0 Å². The van der Waals surface area contributed by atoms with E-state index < -0.39 is 5.91 Å². The van der Waals surface area contributed by atoms with E-state index in [1.807, 2.05) is 24.3 Å². The van der Waals surface area contributed by atoms with E-state index in [0.717, 1.165) is 24.1 Å². The lowest BCUT2D eigenvalue weighted by molar-refractivity contribution is 0.0706. The van der Waals surface area contributed by atoms with Gasteiger partial charge in [-0.3, -0.25) is 18.7 Å². The Hall–Kier alpha value is -4.68. The molecule has 1 N–H and O–H groups in total. The van der Waals surface area contributed by atoms with Gasteiger partial charge in [0.25, 0.3) is 11.8 Å². The highest BCUT2D eigenvalue weighted by atomic mass is 79.9. The van der Waals surface area contributed by atoms with Crippen LogP contribution in [0.15, 0.2) is 88.7 Å². The summed E-state index contributed by atoms with van der Waals surface area (Å²) in [4.78, 5) is 47.2. The van der Waals surface area contributed by atoms with Crippen molar-refractivity contribution in [3.63, 3.8) is 0 Å². The van der Waals surface area contributed by atoms with Crippen molar-refractivity contribution in [3.05, 3.63) is 122 Å². The van der Waals surface area contributed by atoms with Crippen LogP contribution in [-0.2, 0) is 19.6 Å². The fraction of sp³-hybridized carbons (Fsp3) is 0.219. The van der Waals surface area contributed by atoms with E-state index >= 15 is 0 Å². The van der Waals surface area contributed by atoms with Crippen LogP contribution in [0.5, 0.6) is 5.75 Å². The van der Waals surface area contributed by atoms with Crippen molar-refractivity contribution in [1.29, 1.82) is 0 Å². The predicted octanol–water partition coefficient (Wildman–Crippen LogP) is 4.76. The molecule has 5 aromatic rings. The number of carbonyl (C=O) groups is 2. The fourth-order valence-corrected chi connectivity index (χ4v) is 5.87. The molecule has 3 heterocycles. The number of nitrogens with zero attached hydrogens (tertiary/aromatic N) is 6. The Kier molecular flexibility index (Phi) is 7.76. The smallest absolute Gasteiger partial charge is 0.333 e. The zero-order chi connectivity index (χ0) is 31.1. The van der Waals surface area contributed by atoms with Crippen molar-refractivity contribution >= 4 is 39.3 Å². The molecule has 11 nitrogen and oxygen atoms in total. The van der Waals surface area contributed by atoms with E-state index in [1.54, 1.807) is 62.9 Å². The van der Waals surface area contributed by atoms with Crippen LogP contribution in [0, 0.1) is 0 Å². The molecule has 0 saturated heterocycles. The molecule has 0 bridgehead atoms. The van der Waals surface area contributed by atoms with Gasteiger partial charge in [-0.15, -0.1) is 0 Å². The molecule has 0 unspecified atom stereocenters. The van der Waals surface area contributed by atoms with Gasteiger partial charge in [0.15, 0.2) is 0 Å². The third-order valence-electron chi connectivity index (χ3n) is 7.87. The van der Waals surface area contributed by atoms with Gasteiger partial charge in [0.1, 0.15) is 24.1 Å². The average molecular weight is 689 g/mol. The Bertz CT molecular complexity index is 1970. The monoisotopic (exact) mass is 687 g/mol. The first-order valence-corrected chi connectivity index (χ1v) is 15.6. The molecule has 228 valence electrons. The number of aromatic nitrogens is 5. The molecule has 2 aliphatic rings. The lowest BCUT2D eigenvalue weighted by Gasteiger charge is -2.28. The molecule has 0 spiro atoms. The summed E-state index contributed by atoms with van der Waals surface area (Å²) in [5, 5.41) is 7.64. The Balaban J connectivity index is 1.24. The molecule has 1 fully saturated rings. The van der Waals surface area contributed by atoms with Crippen LogP contribution in [0.1, 0.15) is 44.9 Å². The van der Waals surface area contributed by atoms with Crippen molar-refractivity contribution in [2.24, 2.45) is 0 Å². The highest BCUT2D eigenvalue weighted by Crippen LogP contribution is 2.29. The van der Waals surface area contributed by atoms with Gasteiger partial charge in [-0.25, -0.2) is 14.5 Å². The minimum absolute atomic E-state index is 0.0654. The number of nitrogens with one attached hydrogen (secondary N) is 1. The highest BCUT2D eigenvalue weighted by Gasteiger charge is 2.32. The Morgan fingerprint density at radius 2 is 1.84 bits per heavy atom. The van der Waals surface area contributed by atoms with Crippen LogP contribution in [0.25, 0.3) is 11.4 Å². The van der Waals surface area contributed by atoms with E-state index in [2.05, 4.69) is 31.3 Å². The second kappa shape index (κ2) is 12.0. The topological polar surface area (TPSA) is 116 Å². The van der Waals surface area contributed by atoms with Crippen LogP contribution in [0.2, 0.25) is 5.02 Å². The standard InChI is InChI=1S/C32H27BrClN7O4/c33-25-12-5-20(15-26(25)34)31(43)38-13-14-39-28(17-38)29(41(32(39)44)22-6-8-23(9-7-22)45-24-10-11-24)30(42)36-16-21-3-1-2-4-27(21)40-19-35-18-37-40/h1-9,12,15,18-19,24H,10-11,13-14,16-17H2,(H,36,42). The fourth-order valence-electron chi connectivity index (χ4n) is 5.45. The number of para-hydroxylation sites is 1. The number of imidazole rings is 1. The number of hydrogen-bond donors (Lipinski definition) is 1. The van der Waals surface area contributed by atoms with Crippen molar-refractivity contribution in [2.75, 3.05) is 6.54 Å². The average Bonchev–Trinajstić information content (AvgIpc) is 3.60. The van der Waals surface area contributed by atoms with E-state index in [4.69, 9.17) is 16.3 Å². The number of ether oxygens (including phenoxy) is 1. The van der Waals surface area contributed by atoms with Crippen molar-refractivity contribution < 1.29 is 14.3 Å². The Morgan fingerprint density at radius 1 is 1.04 bits per heavy atom. The van der Waals surface area contributed by atoms with Gasteiger partial charge in [-0.2, -0.15) is 5.10 Å². The Labute approximate surface area is 271 Å². The molecule has 7 rings (SSSR count). The number of fused-ring (bicyclic) bond motifs is 1. The Morgan fingerprint density at radius 3 is 2.58 bits per heavy atom. The first-order chi connectivity index (χ1) is 21.9.